The normalized spacial score (nSPS) is 17.6. The fourth-order valence-corrected chi connectivity index (χ4v) is 1.72. The Bertz CT molecular complexity index is 631. The lowest BCUT2D eigenvalue weighted by Gasteiger charge is -2.08. The Kier molecular flexibility index (Phi) is 1.71. The Labute approximate surface area is 90.3 Å². The molecule has 3 N–H and O–H groups in total. The molecule has 0 saturated heterocycles. The highest BCUT2D eigenvalue weighted by atomic mass is 19.1. The van der Waals surface area contributed by atoms with Crippen molar-refractivity contribution in [1.82, 2.24) is 9.97 Å². The molecule has 1 fully saturated rings. The van der Waals surface area contributed by atoms with Crippen molar-refractivity contribution in [2.24, 2.45) is 5.73 Å². The van der Waals surface area contributed by atoms with Gasteiger partial charge >= 0.3 is 0 Å². The zero-order chi connectivity index (χ0) is 11.3. The molecule has 5 heteroatoms. The predicted octanol–water partition coefficient (Wildman–Crippen LogP) is 1.01. The van der Waals surface area contributed by atoms with E-state index < -0.39 is 11.4 Å². The number of rotatable bonds is 1. The molecule has 1 aromatic carbocycles. The molecule has 0 atom stereocenters. The van der Waals surface area contributed by atoms with E-state index >= 15 is 0 Å². The van der Waals surface area contributed by atoms with Gasteiger partial charge in [0.1, 0.15) is 11.6 Å². The van der Waals surface area contributed by atoms with Gasteiger partial charge in [-0.05, 0) is 25.0 Å². The number of H-pyrrole nitrogens is 1. The van der Waals surface area contributed by atoms with Gasteiger partial charge in [0.15, 0.2) is 0 Å². The molecule has 1 heterocycles. The molecule has 0 unspecified atom stereocenters. The monoisotopic (exact) mass is 219 g/mol. The first-order valence-corrected chi connectivity index (χ1v) is 5.07. The molecule has 3 rings (SSSR count). The lowest BCUT2D eigenvalue weighted by molar-refractivity contribution is 0.628. The van der Waals surface area contributed by atoms with E-state index in [1.54, 1.807) is 0 Å². The van der Waals surface area contributed by atoms with Gasteiger partial charge < -0.3 is 10.7 Å². The Balaban J connectivity index is 2.32. The Morgan fingerprint density at radius 1 is 1.44 bits per heavy atom. The molecule has 1 aliphatic carbocycles. The summed E-state index contributed by atoms with van der Waals surface area (Å²) in [5.41, 5.74) is 5.52. The van der Waals surface area contributed by atoms with Crippen molar-refractivity contribution < 1.29 is 4.39 Å². The number of benzene rings is 1. The highest BCUT2D eigenvalue weighted by Gasteiger charge is 2.42. The first kappa shape index (κ1) is 9.47. The Hall–Kier alpha value is -1.75. The molecule has 0 aliphatic heterocycles. The lowest BCUT2D eigenvalue weighted by Crippen LogP contribution is -2.26. The first-order valence-electron chi connectivity index (χ1n) is 5.07. The summed E-state index contributed by atoms with van der Waals surface area (Å²) in [6.07, 6.45) is 1.60. The maximum Gasteiger partial charge on any atom is 0.258 e. The highest BCUT2D eigenvalue weighted by molar-refractivity contribution is 5.77. The number of aromatic amines is 1. The van der Waals surface area contributed by atoms with Crippen molar-refractivity contribution in [3.8, 4) is 0 Å². The van der Waals surface area contributed by atoms with Crippen LogP contribution >= 0.6 is 0 Å². The van der Waals surface area contributed by atoms with Crippen LogP contribution in [-0.4, -0.2) is 9.97 Å². The first-order chi connectivity index (χ1) is 7.58. The second-order valence-corrected chi connectivity index (χ2v) is 4.23. The molecule has 0 spiro atoms. The minimum atomic E-state index is -0.514. The number of aromatic nitrogens is 2. The summed E-state index contributed by atoms with van der Waals surface area (Å²) in [4.78, 5) is 18.6. The number of halogens is 1. The van der Waals surface area contributed by atoms with E-state index in [-0.39, 0.29) is 5.56 Å². The second-order valence-electron chi connectivity index (χ2n) is 4.23. The third kappa shape index (κ3) is 1.32. The Morgan fingerprint density at radius 2 is 2.19 bits per heavy atom. The topological polar surface area (TPSA) is 71.8 Å². The third-order valence-electron chi connectivity index (χ3n) is 2.93. The van der Waals surface area contributed by atoms with Crippen LogP contribution in [0.4, 0.5) is 4.39 Å². The van der Waals surface area contributed by atoms with E-state index in [1.807, 2.05) is 0 Å². The average Bonchev–Trinajstić information content (AvgIpc) is 2.97. The lowest BCUT2D eigenvalue weighted by atomic mass is 10.2. The summed E-state index contributed by atoms with van der Waals surface area (Å²) in [7, 11) is 0. The number of nitrogens with two attached hydrogens (primary N) is 1. The number of fused-ring (bicyclic) bond motifs is 1. The van der Waals surface area contributed by atoms with Gasteiger partial charge in [-0.3, -0.25) is 4.79 Å². The van der Waals surface area contributed by atoms with E-state index in [1.165, 1.54) is 18.2 Å². The van der Waals surface area contributed by atoms with Gasteiger partial charge in [0.2, 0.25) is 0 Å². The van der Waals surface area contributed by atoms with E-state index in [4.69, 9.17) is 5.73 Å². The molecule has 0 radical (unpaired) electrons. The molecular formula is C11H10FN3O. The second kappa shape index (κ2) is 2.89. The zero-order valence-corrected chi connectivity index (χ0v) is 8.46. The number of hydrogen-bond donors (Lipinski definition) is 2. The minimum Gasteiger partial charge on any atom is -0.319 e. The molecule has 0 bridgehead atoms. The van der Waals surface area contributed by atoms with Crippen molar-refractivity contribution in [2.45, 2.75) is 18.4 Å². The van der Waals surface area contributed by atoms with Gasteiger partial charge in [-0.15, -0.1) is 0 Å². The maximum absolute atomic E-state index is 13.0. The van der Waals surface area contributed by atoms with Crippen LogP contribution in [0.5, 0.6) is 0 Å². The summed E-state index contributed by atoms with van der Waals surface area (Å²) in [6, 6.07) is 3.92. The van der Waals surface area contributed by atoms with Crippen molar-refractivity contribution in [3.63, 3.8) is 0 Å². The van der Waals surface area contributed by atoms with Crippen LogP contribution in [0.1, 0.15) is 18.7 Å². The quantitative estimate of drug-likeness (QED) is 0.751. The predicted molar refractivity (Wildman–Crippen MR) is 57.4 cm³/mol. The van der Waals surface area contributed by atoms with Crippen molar-refractivity contribution in [3.05, 3.63) is 40.2 Å². The molecule has 2 aromatic rings. The van der Waals surface area contributed by atoms with Gasteiger partial charge in [-0.2, -0.15) is 0 Å². The fraction of sp³-hybridized carbons (Fsp3) is 0.273. The smallest absolute Gasteiger partial charge is 0.258 e. The van der Waals surface area contributed by atoms with Crippen LogP contribution in [0.25, 0.3) is 10.9 Å². The van der Waals surface area contributed by atoms with Gasteiger partial charge in [0.05, 0.1) is 16.4 Å². The summed E-state index contributed by atoms with van der Waals surface area (Å²) in [6.45, 7) is 0. The number of nitrogens with zero attached hydrogens (tertiary/aromatic N) is 1. The molecule has 1 aromatic heterocycles. The number of nitrogens with one attached hydrogen (secondary N) is 1. The maximum atomic E-state index is 13.0. The summed E-state index contributed by atoms with van der Waals surface area (Å²) >= 11 is 0. The van der Waals surface area contributed by atoms with Crippen LogP contribution < -0.4 is 11.3 Å². The molecule has 16 heavy (non-hydrogen) atoms. The van der Waals surface area contributed by atoms with Crippen LogP contribution in [0.15, 0.2) is 23.0 Å². The van der Waals surface area contributed by atoms with Gasteiger partial charge in [-0.25, -0.2) is 9.37 Å². The van der Waals surface area contributed by atoms with Gasteiger partial charge in [-0.1, -0.05) is 0 Å². The molecule has 1 saturated carbocycles. The van der Waals surface area contributed by atoms with Gasteiger partial charge in [0.25, 0.3) is 5.56 Å². The van der Waals surface area contributed by atoms with E-state index in [0.29, 0.717) is 16.7 Å². The largest absolute Gasteiger partial charge is 0.319 e. The van der Waals surface area contributed by atoms with E-state index in [2.05, 4.69) is 9.97 Å². The minimum absolute atomic E-state index is 0.267. The van der Waals surface area contributed by atoms with Crippen molar-refractivity contribution >= 4 is 10.9 Å². The van der Waals surface area contributed by atoms with Crippen molar-refractivity contribution in [2.75, 3.05) is 0 Å². The highest BCUT2D eigenvalue weighted by Crippen LogP contribution is 2.40. The van der Waals surface area contributed by atoms with Crippen LogP contribution in [0.2, 0.25) is 0 Å². The summed E-state index contributed by atoms with van der Waals surface area (Å²) in [5, 5.41) is 0.384. The molecule has 4 nitrogen and oxygen atoms in total. The zero-order valence-electron chi connectivity index (χ0n) is 8.46. The van der Waals surface area contributed by atoms with Crippen LogP contribution in [0, 0.1) is 5.82 Å². The summed E-state index contributed by atoms with van der Waals surface area (Å²) in [5.74, 6) is 0.0500. The molecule has 1 aliphatic rings. The number of hydrogen-bond acceptors (Lipinski definition) is 3. The standard InChI is InChI=1S/C11H10FN3O/c12-6-1-2-7-8(5-6)14-10(15-9(7)16)11(13)3-4-11/h1-2,5H,3-4,13H2,(H,14,15,16). The average molecular weight is 219 g/mol. The fourth-order valence-electron chi connectivity index (χ4n) is 1.72. The van der Waals surface area contributed by atoms with E-state index in [0.717, 1.165) is 12.8 Å². The summed E-state index contributed by atoms with van der Waals surface area (Å²) < 4.78 is 13.0. The van der Waals surface area contributed by atoms with Crippen LogP contribution in [-0.2, 0) is 5.54 Å². The van der Waals surface area contributed by atoms with Gasteiger partial charge in [0, 0.05) is 6.07 Å². The molecular weight excluding hydrogens is 209 g/mol. The Morgan fingerprint density at radius 3 is 2.88 bits per heavy atom. The third-order valence-corrected chi connectivity index (χ3v) is 2.93. The van der Waals surface area contributed by atoms with Crippen LogP contribution in [0.3, 0.4) is 0 Å². The molecule has 0 amide bonds. The van der Waals surface area contributed by atoms with Crippen molar-refractivity contribution in [1.29, 1.82) is 0 Å². The van der Waals surface area contributed by atoms with E-state index in [9.17, 15) is 9.18 Å². The molecule has 82 valence electrons. The SMILES string of the molecule is NC1(c2nc3cc(F)ccc3c(=O)[nH]2)CC1.